The van der Waals surface area contributed by atoms with Crippen LogP contribution in [-0.4, -0.2) is 14.9 Å². The zero-order chi connectivity index (χ0) is 12.6. The van der Waals surface area contributed by atoms with Crippen LogP contribution in [0, 0.1) is 13.8 Å². The van der Waals surface area contributed by atoms with Gasteiger partial charge in [-0.25, -0.2) is 0 Å². The fourth-order valence-corrected chi connectivity index (χ4v) is 2.41. The lowest BCUT2D eigenvalue weighted by atomic mass is 10.0. The molecule has 4 nitrogen and oxygen atoms in total. The molecule has 0 saturated heterocycles. The number of furan rings is 1. The van der Waals surface area contributed by atoms with Gasteiger partial charge in [-0.15, -0.1) is 0 Å². The van der Waals surface area contributed by atoms with E-state index in [2.05, 4.69) is 21.0 Å². The van der Waals surface area contributed by atoms with Crippen LogP contribution >= 0.6 is 15.9 Å². The van der Waals surface area contributed by atoms with Crippen molar-refractivity contribution in [3.63, 3.8) is 0 Å². The van der Waals surface area contributed by atoms with Crippen molar-refractivity contribution in [3.05, 3.63) is 39.5 Å². The Kier molecular flexibility index (Phi) is 3.40. The molecule has 0 aromatic carbocycles. The summed E-state index contributed by atoms with van der Waals surface area (Å²) in [5, 5.41) is 14.5. The molecule has 0 saturated carbocycles. The summed E-state index contributed by atoms with van der Waals surface area (Å²) in [5.41, 5.74) is 3.10. The Labute approximate surface area is 108 Å². The van der Waals surface area contributed by atoms with Gasteiger partial charge in [-0.3, -0.25) is 4.68 Å². The number of aliphatic hydroxyl groups is 1. The summed E-state index contributed by atoms with van der Waals surface area (Å²) in [7, 11) is 1.90. The third kappa shape index (κ3) is 2.30. The lowest BCUT2D eigenvalue weighted by Gasteiger charge is -2.09. The van der Waals surface area contributed by atoms with Crippen LogP contribution in [0.4, 0.5) is 0 Å². The first-order valence-electron chi connectivity index (χ1n) is 5.40. The summed E-state index contributed by atoms with van der Waals surface area (Å²) in [5.74, 6) is 0.563. The predicted molar refractivity (Wildman–Crippen MR) is 67.8 cm³/mol. The van der Waals surface area contributed by atoms with E-state index >= 15 is 0 Å². The molecule has 0 radical (unpaired) electrons. The van der Waals surface area contributed by atoms with Gasteiger partial charge in [-0.2, -0.15) is 5.10 Å². The minimum absolute atomic E-state index is 0.512. The maximum absolute atomic E-state index is 10.1. The Hall–Kier alpha value is -1.07. The monoisotopic (exact) mass is 298 g/mol. The van der Waals surface area contributed by atoms with Gasteiger partial charge in [0.05, 0.1) is 16.4 Å². The van der Waals surface area contributed by atoms with E-state index in [1.165, 1.54) is 0 Å². The van der Waals surface area contributed by atoms with Crippen molar-refractivity contribution in [2.45, 2.75) is 26.4 Å². The molecule has 1 N–H and O–H groups in total. The van der Waals surface area contributed by atoms with Gasteiger partial charge >= 0.3 is 0 Å². The van der Waals surface area contributed by atoms with Crippen LogP contribution in [0.25, 0.3) is 0 Å². The molecule has 2 rings (SSSR count). The van der Waals surface area contributed by atoms with Crippen molar-refractivity contribution in [2.24, 2.45) is 7.05 Å². The number of aryl methyl sites for hydroxylation is 2. The molecule has 92 valence electrons. The second-order valence-electron chi connectivity index (χ2n) is 4.13. The molecule has 0 fully saturated rings. The number of aliphatic hydroxyl groups excluding tert-OH is 1. The molecular weight excluding hydrogens is 284 g/mol. The van der Waals surface area contributed by atoms with E-state index in [0.717, 1.165) is 21.4 Å². The molecule has 2 aromatic rings. The standard InChI is InChI=1S/C12H15BrN2O2/c1-7-9(8(2)15(3)14-7)6-11(16)12-10(13)4-5-17-12/h4-5,11,16H,6H2,1-3H3. The second kappa shape index (κ2) is 4.66. The second-order valence-corrected chi connectivity index (χ2v) is 4.98. The third-order valence-corrected chi connectivity index (χ3v) is 3.66. The Morgan fingerprint density at radius 1 is 1.53 bits per heavy atom. The molecule has 0 aliphatic rings. The maximum atomic E-state index is 10.1. The van der Waals surface area contributed by atoms with Crippen molar-refractivity contribution >= 4 is 15.9 Å². The zero-order valence-electron chi connectivity index (χ0n) is 10.1. The molecule has 2 aromatic heterocycles. The van der Waals surface area contributed by atoms with E-state index in [4.69, 9.17) is 4.42 Å². The number of hydrogen-bond acceptors (Lipinski definition) is 3. The van der Waals surface area contributed by atoms with Gasteiger partial charge in [-0.05, 0) is 41.4 Å². The number of halogens is 1. The number of rotatable bonds is 3. The molecule has 17 heavy (non-hydrogen) atoms. The van der Waals surface area contributed by atoms with Crippen molar-refractivity contribution in [3.8, 4) is 0 Å². The molecule has 0 bridgehead atoms. The summed E-state index contributed by atoms with van der Waals surface area (Å²) < 4.78 is 7.88. The molecule has 0 spiro atoms. The fourth-order valence-electron chi connectivity index (χ4n) is 1.94. The highest BCUT2D eigenvalue weighted by molar-refractivity contribution is 9.10. The molecule has 1 atom stereocenters. The largest absolute Gasteiger partial charge is 0.465 e. The minimum Gasteiger partial charge on any atom is -0.465 e. The highest BCUT2D eigenvalue weighted by atomic mass is 79.9. The topological polar surface area (TPSA) is 51.2 Å². The van der Waals surface area contributed by atoms with E-state index in [9.17, 15) is 5.11 Å². The fraction of sp³-hybridized carbons (Fsp3) is 0.417. The van der Waals surface area contributed by atoms with E-state index < -0.39 is 6.10 Å². The first kappa shape index (κ1) is 12.4. The minimum atomic E-state index is -0.652. The van der Waals surface area contributed by atoms with Crippen LogP contribution in [-0.2, 0) is 13.5 Å². The third-order valence-electron chi connectivity index (χ3n) is 3.00. The summed E-state index contributed by atoms with van der Waals surface area (Å²) in [4.78, 5) is 0. The van der Waals surface area contributed by atoms with Crippen molar-refractivity contribution < 1.29 is 9.52 Å². The summed E-state index contributed by atoms with van der Waals surface area (Å²) in [6.07, 6.45) is 1.42. The van der Waals surface area contributed by atoms with Crippen LogP contribution in [0.1, 0.15) is 28.8 Å². The van der Waals surface area contributed by atoms with Crippen LogP contribution < -0.4 is 0 Å². The quantitative estimate of drug-likeness (QED) is 0.948. The first-order chi connectivity index (χ1) is 8.00. The van der Waals surface area contributed by atoms with Crippen molar-refractivity contribution in [1.82, 2.24) is 9.78 Å². The highest BCUT2D eigenvalue weighted by Gasteiger charge is 2.19. The lowest BCUT2D eigenvalue weighted by molar-refractivity contribution is 0.149. The summed E-state index contributed by atoms with van der Waals surface area (Å²) in [6.45, 7) is 3.95. The van der Waals surface area contributed by atoms with Gasteiger partial charge in [0.25, 0.3) is 0 Å². The highest BCUT2D eigenvalue weighted by Crippen LogP contribution is 2.28. The summed E-state index contributed by atoms with van der Waals surface area (Å²) >= 11 is 3.35. The van der Waals surface area contributed by atoms with Gasteiger partial charge < -0.3 is 9.52 Å². The van der Waals surface area contributed by atoms with Crippen LogP contribution in [0.5, 0.6) is 0 Å². The predicted octanol–water partition coefficient (Wildman–Crippen LogP) is 2.67. The molecule has 0 aliphatic carbocycles. The van der Waals surface area contributed by atoms with Gasteiger partial charge in [-0.1, -0.05) is 0 Å². The van der Waals surface area contributed by atoms with Crippen LogP contribution in [0.2, 0.25) is 0 Å². The Balaban J connectivity index is 2.24. The molecule has 0 amide bonds. The van der Waals surface area contributed by atoms with Crippen LogP contribution in [0.3, 0.4) is 0 Å². The summed E-state index contributed by atoms with van der Waals surface area (Å²) in [6, 6.07) is 1.78. The SMILES string of the molecule is Cc1nn(C)c(C)c1CC(O)c1occc1Br. The normalized spacial score (nSPS) is 13.0. The van der Waals surface area contributed by atoms with Gasteiger partial charge in [0.1, 0.15) is 11.9 Å². The van der Waals surface area contributed by atoms with E-state index in [1.54, 1.807) is 12.3 Å². The Morgan fingerprint density at radius 2 is 2.24 bits per heavy atom. The smallest absolute Gasteiger partial charge is 0.146 e. The van der Waals surface area contributed by atoms with Gasteiger partial charge in [0, 0.05) is 19.2 Å². The molecule has 1 unspecified atom stereocenters. The molecule has 5 heteroatoms. The number of nitrogens with zero attached hydrogens (tertiary/aromatic N) is 2. The van der Waals surface area contributed by atoms with E-state index in [-0.39, 0.29) is 0 Å². The zero-order valence-corrected chi connectivity index (χ0v) is 11.7. The lowest BCUT2D eigenvalue weighted by Crippen LogP contribution is -2.03. The number of hydrogen-bond donors (Lipinski definition) is 1. The van der Waals surface area contributed by atoms with Crippen molar-refractivity contribution in [2.75, 3.05) is 0 Å². The number of aromatic nitrogens is 2. The van der Waals surface area contributed by atoms with Gasteiger partial charge in [0.2, 0.25) is 0 Å². The van der Waals surface area contributed by atoms with E-state index in [0.29, 0.717) is 12.2 Å². The molecular formula is C12H15BrN2O2. The first-order valence-corrected chi connectivity index (χ1v) is 6.20. The Morgan fingerprint density at radius 3 is 2.71 bits per heavy atom. The van der Waals surface area contributed by atoms with E-state index in [1.807, 2.05) is 25.6 Å². The van der Waals surface area contributed by atoms with Crippen molar-refractivity contribution in [1.29, 1.82) is 0 Å². The van der Waals surface area contributed by atoms with Crippen LogP contribution in [0.15, 0.2) is 21.2 Å². The Bertz CT molecular complexity index is 531. The maximum Gasteiger partial charge on any atom is 0.146 e. The average molecular weight is 299 g/mol. The van der Waals surface area contributed by atoms with Gasteiger partial charge in [0.15, 0.2) is 0 Å². The molecule has 2 heterocycles. The molecule has 0 aliphatic heterocycles. The average Bonchev–Trinajstić information content (AvgIpc) is 2.78.